The van der Waals surface area contributed by atoms with Crippen molar-refractivity contribution in [1.29, 1.82) is 0 Å². The van der Waals surface area contributed by atoms with Gasteiger partial charge in [0.1, 0.15) is 0 Å². The van der Waals surface area contributed by atoms with Crippen LogP contribution < -0.4 is 5.32 Å². The van der Waals surface area contributed by atoms with E-state index in [1.807, 2.05) is 25.2 Å². The van der Waals surface area contributed by atoms with Crippen LogP contribution in [0.25, 0.3) is 0 Å². The predicted molar refractivity (Wildman–Crippen MR) is 93.5 cm³/mol. The fourth-order valence-electron chi connectivity index (χ4n) is 3.81. The molecule has 1 saturated heterocycles. The first-order chi connectivity index (χ1) is 11.6. The smallest absolute Gasteiger partial charge is 0.239 e. The van der Waals surface area contributed by atoms with E-state index >= 15 is 0 Å². The zero-order valence-corrected chi connectivity index (χ0v) is 14.4. The Morgan fingerprint density at radius 3 is 2.67 bits per heavy atom. The zero-order valence-electron chi connectivity index (χ0n) is 14.4. The third kappa shape index (κ3) is 4.35. The number of amides is 2. The molecular weight excluding hydrogens is 302 g/mol. The van der Waals surface area contributed by atoms with Crippen LogP contribution in [0.3, 0.4) is 0 Å². The van der Waals surface area contributed by atoms with Gasteiger partial charge in [-0.3, -0.25) is 14.5 Å². The molecule has 1 heterocycles. The van der Waals surface area contributed by atoms with Crippen LogP contribution in [0.2, 0.25) is 0 Å². The lowest BCUT2D eigenvalue weighted by atomic mass is 10.0. The van der Waals surface area contributed by atoms with Gasteiger partial charge in [-0.1, -0.05) is 43.2 Å². The summed E-state index contributed by atoms with van der Waals surface area (Å²) in [6.07, 6.45) is 5.64. The Labute approximate surface area is 144 Å². The van der Waals surface area contributed by atoms with Crippen LogP contribution in [0.15, 0.2) is 30.3 Å². The summed E-state index contributed by atoms with van der Waals surface area (Å²) in [4.78, 5) is 28.5. The van der Waals surface area contributed by atoms with E-state index in [4.69, 9.17) is 0 Å². The Morgan fingerprint density at radius 2 is 1.96 bits per heavy atom. The van der Waals surface area contributed by atoms with Crippen LogP contribution in [-0.2, 0) is 16.0 Å². The maximum Gasteiger partial charge on any atom is 0.239 e. The number of carbonyl (C=O) groups excluding carboxylic acids is 2. The number of benzene rings is 1. The summed E-state index contributed by atoms with van der Waals surface area (Å²) in [6.45, 7) is 1.19. The summed E-state index contributed by atoms with van der Waals surface area (Å²) in [5, 5.41) is 3.01. The number of piperazine rings is 1. The lowest BCUT2D eigenvalue weighted by molar-refractivity contribution is -0.140. The van der Waals surface area contributed by atoms with Gasteiger partial charge in [-0.25, -0.2) is 0 Å². The molecule has 2 aliphatic rings. The molecule has 1 aliphatic heterocycles. The molecule has 1 aromatic carbocycles. The van der Waals surface area contributed by atoms with E-state index in [2.05, 4.69) is 22.3 Å². The van der Waals surface area contributed by atoms with E-state index in [9.17, 15) is 9.59 Å². The molecule has 0 spiro atoms. The summed E-state index contributed by atoms with van der Waals surface area (Å²) in [6, 6.07) is 10.6. The van der Waals surface area contributed by atoms with Crippen molar-refractivity contribution >= 4 is 11.8 Å². The molecule has 0 radical (unpaired) electrons. The highest BCUT2D eigenvalue weighted by molar-refractivity contribution is 5.87. The molecule has 0 unspecified atom stereocenters. The largest absolute Gasteiger partial charge is 0.350 e. The number of nitrogens with zero attached hydrogens (tertiary/aromatic N) is 2. The molecule has 3 rings (SSSR count). The average molecular weight is 329 g/mol. The quantitative estimate of drug-likeness (QED) is 0.889. The normalized spacial score (nSPS) is 22.0. The number of rotatable bonds is 5. The highest BCUT2D eigenvalue weighted by atomic mass is 16.2. The molecule has 1 N–H and O–H groups in total. The van der Waals surface area contributed by atoms with E-state index in [0.29, 0.717) is 19.1 Å². The molecule has 5 heteroatoms. The molecule has 5 nitrogen and oxygen atoms in total. The van der Waals surface area contributed by atoms with Crippen molar-refractivity contribution in [2.24, 2.45) is 0 Å². The first-order valence-electron chi connectivity index (χ1n) is 8.93. The Morgan fingerprint density at radius 1 is 1.25 bits per heavy atom. The van der Waals surface area contributed by atoms with E-state index in [1.54, 1.807) is 4.90 Å². The van der Waals surface area contributed by atoms with Gasteiger partial charge in [0.15, 0.2) is 0 Å². The molecule has 1 atom stereocenters. The maximum absolute atomic E-state index is 12.6. The second kappa shape index (κ2) is 7.79. The zero-order chi connectivity index (χ0) is 16.9. The summed E-state index contributed by atoms with van der Waals surface area (Å²) in [5.41, 5.74) is 1.18. The van der Waals surface area contributed by atoms with Crippen molar-refractivity contribution in [2.45, 2.75) is 44.2 Å². The standard InChI is InChI=1S/C19H27N3O2/c1-21(17-9-5-6-10-17)14-19(24)22-12-16(20-18(23)13-22)11-15-7-3-2-4-8-15/h2-4,7-8,16-17H,5-6,9-14H2,1H3,(H,20,23)/t16-/m0/s1. The molecule has 2 amide bonds. The Hall–Kier alpha value is -1.88. The molecule has 1 saturated carbocycles. The monoisotopic (exact) mass is 329 g/mol. The van der Waals surface area contributed by atoms with Gasteiger partial charge in [0, 0.05) is 12.6 Å². The first-order valence-corrected chi connectivity index (χ1v) is 8.93. The van der Waals surface area contributed by atoms with E-state index in [1.165, 1.54) is 31.2 Å². The van der Waals surface area contributed by atoms with Crippen molar-refractivity contribution in [3.63, 3.8) is 0 Å². The van der Waals surface area contributed by atoms with Gasteiger partial charge in [0.25, 0.3) is 0 Å². The topological polar surface area (TPSA) is 52.7 Å². The number of nitrogens with one attached hydrogen (secondary N) is 1. The second-order valence-corrected chi connectivity index (χ2v) is 7.08. The summed E-state index contributed by atoms with van der Waals surface area (Å²) < 4.78 is 0. The number of hydrogen-bond donors (Lipinski definition) is 1. The Kier molecular flexibility index (Phi) is 5.51. The fraction of sp³-hybridized carbons (Fsp3) is 0.579. The van der Waals surface area contributed by atoms with Crippen LogP contribution in [-0.4, -0.2) is 60.4 Å². The molecular formula is C19H27N3O2. The van der Waals surface area contributed by atoms with Gasteiger partial charge in [-0.15, -0.1) is 0 Å². The van der Waals surface area contributed by atoms with Crippen LogP contribution in [0.4, 0.5) is 0 Å². The molecule has 1 aliphatic carbocycles. The van der Waals surface area contributed by atoms with Gasteiger partial charge in [-0.05, 0) is 31.9 Å². The van der Waals surface area contributed by atoms with Crippen molar-refractivity contribution < 1.29 is 9.59 Å². The number of likely N-dealkylation sites (N-methyl/N-ethyl adjacent to an activating group) is 1. The minimum Gasteiger partial charge on any atom is -0.350 e. The minimum absolute atomic E-state index is 0.00520. The summed E-state index contributed by atoms with van der Waals surface area (Å²) >= 11 is 0. The van der Waals surface area contributed by atoms with Crippen LogP contribution in [0.5, 0.6) is 0 Å². The average Bonchev–Trinajstić information content (AvgIpc) is 3.10. The van der Waals surface area contributed by atoms with Gasteiger partial charge in [0.2, 0.25) is 11.8 Å². The number of carbonyl (C=O) groups is 2. The molecule has 0 aromatic heterocycles. The Bertz CT molecular complexity index is 569. The molecule has 24 heavy (non-hydrogen) atoms. The molecule has 0 bridgehead atoms. The minimum atomic E-state index is -0.0564. The lowest BCUT2D eigenvalue weighted by Crippen LogP contribution is -2.58. The van der Waals surface area contributed by atoms with Gasteiger partial charge >= 0.3 is 0 Å². The van der Waals surface area contributed by atoms with Crippen LogP contribution >= 0.6 is 0 Å². The van der Waals surface area contributed by atoms with Gasteiger partial charge in [-0.2, -0.15) is 0 Å². The number of hydrogen-bond acceptors (Lipinski definition) is 3. The van der Waals surface area contributed by atoms with Gasteiger partial charge in [0.05, 0.1) is 19.1 Å². The fourth-order valence-corrected chi connectivity index (χ4v) is 3.81. The highest BCUT2D eigenvalue weighted by Crippen LogP contribution is 2.22. The van der Waals surface area contributed by atoms with Crippen LogP contribution in [0, 0.1) is 0 Å². The SMILES string of the molecule is CN(CC(=O)N1CC(=O)N[C@@H](Cc2ccccc2)C1)C1CCCC1. The summed E-state index contributed by atoms with van der Waals surface area (Å²) in [5.74, 6) is 0.0105. The van der Waals surface area contributed by atoms with Gasteiger partial charge < -0.3 is 10.2 Å². The third-order valence-corrected chi connectivity index (χ3v) is 5.15. The van der Waals surface area contributed by atoms with Crippen molar-refractivity contribution in [1.82, 2.24) is 15.1 Å². The predicted octanol–water partition coefficient (Wildman–Crippen LogP) is 1.43. The molecule has 2 fully saturated rings. The second-order valence-electron chi connectivity index (χ2n) is 7.08. The summed E-state index contributed by atoms with van der Waals surface area (Å²) in [7, 11) is 2.03. The first kappa shape index (κ1) is 17.0. The van der Waals surface area contributed by atoms with E-state index in [-0.39, 0.29) is 24.4 Å². The Balaban J connectivity index is 1.56. The molecule has 130 valence electrons. The van der Waals surface area contributed by atoms with Crippen molar-refractivity contribution in [3.05, 3.63) is 35.9 Å². The maximum atomic E-state index is 12.6. The van der Waals surface area contributed by atoms with E-state index in [0.717, 1.165) is 6.42 Å². The van der Waals surface area contributed by atoms with Crippen LogP contribution in [0.1, 0.15) is 31.2 Å². The highest BCUT2D eigenvalue weighted by Gasteiger charge is 2.29. The van der Waals surface area contributed by atoms with E-state index < -0.39 is 0 Å². The lowest BCUT2D eigenvalue weighted by Gasteiger charge is -2.35. The third-order valence-electron chi connectivity index (χ3n) is 5.15. The van der Waals surface area contributed by atoms with Crippen molar-refractivity contribution in [3.8, 4) is 0 Å². The molecule has 1 aromatic rings. The van der Waals surface area contributed by atoms with Crippen molar-refractivity contribution in [2.75, 3.05) is 26.7 Å².